The van der Waals surface area contributed by atoms with Crippen LogP contribution in [-0.2, 0) is 51.4 Å². The van der Waals surface area contributed by atoms with E-state index in [2.05, 4.69) is 117 Å². The average Bonchev–Trinajstić information content (AvgIpc) is 3.83. The summed E-state index contributed by atoms with van der Waals surface area (Å²) in [5.41, 5.74) is 0. The van der Waals surface area contributed by atoms with Crippen LogP contribution in [0.15, 0.2) is 56.2 Å². The smallest absolute Gasteiger partial charge is 0.418 e. The number of nitrogens with one attached hydrogen (secondary N) is 1. The van der Waals surface area contributed by atoms with Gasteiger partial charge in [0.15, 0.2) is 0 Å². The molecule has 0 saturated carbocycles. The van der Waals surface area contributed by atoms with Gasteiger partial charge in [-0.15, -0.1) is 0 Å². The first-order chi connectivity index (χ1) is 25.6. The van der Waals surface area contributed by atoms with Crippen LogP contribution in [0.5, 0.6) is 0 Å². The van der Waals surface area contributed by atoms with Crippen molar-refractivity contribution in [2.75, 3.05) is 6.54 Å². The van der Waals surface area contributed by atoms with E-state index in [1.165, 1.54) is 44.9 Å². The summed E-state index contributed by atoms with van der Waals surface area (Å²) in [6.45, 7) is 14.0. The van der Waals surface area contributed by atoms with Crippen molar-refractivity contribution in [1.82, 2.24) is 19.0 Å². The summed E-state index contributed by atoms with van der Waals surface area (Å²) in [5, 5.41) is 2.76. The molecule has 0 aliphatic rings. The van der Waals surface area contributed by atoms with Crippen molar-refractivity contribution in [3.63, 3.8) is 0 Å². The quantitative estimate of drug-likeness (QED) is 0.0355. The average molecular weight is 922 g/mol. The van der Waals surface area contributed by atoms with E-state index in [0.29, 0.717) is 24.5 Å². The molecular weight excluding hydrogens is 865 g/mol. The van der Waals surface area contributed by atoms with Crippen molar-refractivity contribution >= 4 is 28.2 Å². The second kappa shape index (κ2) is 29.3. The molecule has 3 unspecified atom stereocenters. The van der Waals surface area contributed by atoms with E-state index < -0.39 is 21.8 Å². The van der Waals surface area contributed by atoms with E-state index in [1.54, 1.807) is 0 Å². The molecule has 56 heavy (non-hydrogen) atoms. The Labute approximate surface area is 336 Å². The van der Waals surface area contributed by atoms with Gasteiger partial charge in [0.1, 0.15) is 49.3 Å². The van der Waals surface area contributed by atoms with Crippen LogP contribution >= 0.6 is 0 Å². The third-order valence-electron chi connectivity index (χ3n) is 8.30. The fourth-order valence-electron chi connectivity index (χ4n) is 5.76. The zero-order valence-electron chi connectivity index (χ0n) is 32.3. The molecule has 3 heterocycles. The van der Waals surface area contributed by atoms with Gasteiger partial charge in [-0.25, -0.2) is 27.4 Å². The third kappa shape index (κ3) is 32.2. The molecule has 3 rings (SSSR count). The van der Waals surface area contributed by atoms with Crippen LogP contribution in [0, 0.1) is 5.92 Å². The molecule has 0 radical (unpaired) electrons. The number of imidazole rings is 3. The summed E-state index contributed by atoms with van der Waals surface area (Å²) in [6.07, 6.45) is 32.8. The van der Waals surface area contributed by atoms with Crippen LogP contribution in [0.25, 0.3) is 0 Å². The van der Waals surface area contributed by atoms with Crippen molar-refractivity contribution in [2.24, 2.45) is 5.92 Å². The molecule has 0 spiro atoms. The molecule has 0 aliphatic heterocycles. The number of carbonyl (C=O) groups excluding carboxylic acids is 1. The van der Waals surface area contributed by atoms with Gasteiger partial charge < -0.3 is 57.1 Å². The molecule has 0 aromatic carbocycles. The van der Waals surface area contributed by atoms with Gasteiger partial charge in [0, 0.05) is 39.3 Å². The molecule has 1 N–H and O–H groups in total. The predicted molar refractivity (Wildman–Crippen MR) is 189 cm³/mol. The topological polar surface area (TPSA) is 55.5 Å². The first-order valence-corrected chi connectivity index (χ1v) is 18.6. The number of nitrogens with zero attached hydrogens (tertiary/aromatic N) is 6. The predicted octanol–water partition coefficient (Wildman–Crippen LogP) is 8.68. The number of amides is 1. The van der Waals surface area contributed by atoms with E-state index in [-0.39, 0.29) is 20.4 Å². The van der Waals surface area contributed by atoms with Gasteiger partial charge in [-0.3, -0.25) is 4.79 Å². The van der Waals surface area contributed by atoms with E-state index >= 15 is 0 Å². The molecule has 3 aromatic rings. The second-order valence-electron chi connectivity index (χ2n) is 13.0. The van der Waals surface area contributed by atoms with Gasteiger partial charge in [0.2, 0.25) is 25.4 Å². The molecule has 8 nitrogen and oxygen atoms in total. The third-order valence-corrected chi connectivity index (χ3v) is 8.30. The zero-order chi connectivity index (χ0) is 42.1. The molecule has 0 saturated heterocycles. The number of hydrogen-bond donors (Lipinski definition) is 1. The van der Waals surface area contributed by atoms with Crippen molar-refractivity contribution in [3.05, 3.63) is 56.2 Å². The van der Waals surface area contributed by atoms with Gasteiger partial charge in [-0.1, -0.05) is 40.5 Å². The Morgan fingerprint density at radius 3 is 1.50 bits per heavy atom. The van der Waals surface area contributed by atoms with E-state index in [0.717, 1.165) is 51.9 Å². The molecule has 1 amide bonds. The molecule has 328 valence electrons. The summed E-state index contributed by atoms with van der Waals surface area (Å²) in [7, 11) is -18.0. The second-order valence-corrected chi connectivity index (χ2v) is 13.0. The van der Waals surface area contributed by atoms with Crippen LogP contribution in [-0.4, -0.2) is 48.4 Å². The zero-order valence-corrected chi connectivity index (χ0v) is 33.8. The maximum Gasteiger partial charge on any atom is 0.673 e. The Morgan fingerprint density at radius 2 is 1.07 bits per heavy atom. The van der Waals surface area contributed by atoms with E-state index in [4.69, 9.17) is 0 Å². The van der Waals surface area contributed by atoms with Crippen LogP contribution in [0.1, 0.15) is 104 Å². The molecule has 0 bridgehead atoms. The minimum atomic E-state index is -6.00. The molecule has 3 aromatic heterocycles. The van der Waals surface area contributed by atoms with Gasteiger partial charge in [-0.05, 0) is 44.9 Å². The first-order valence-electron chi connectivity index (χ1n) is 18.6. The summed E-state index contributed by atoms with van der Waals surface area (Å²) in [5.74, 6) is 0.589. The summed E-state index contributed by atoms with van der Waals surface area (Å²) < 4.78 is 131. The number of rotatable bonds is 22. The number of aryl methyl sites for hydroxylation is 3. The maximum absolute atomic E-state index is 10.5. The minimum Gasteiger partial charge on any atom is -0.418 e. The van der Waals surface area contributed by atoms with E-state index in [1.807, 2.05) is 0 Å². The standard InChI is InChI=1S/C32H55N7O.3BF4.Pd/c1-5-9-15-35-20-22-38(28-35)31(7-3)13-12-30(25-37-19-18-34(27-37)17-11-14-33-26-40)24-32(8-4)39-23-21-36(29-39)16-10-6-2;3*2-1(3,4)5;/h18-23,26-32H,5-17,24-25H2,1-4H3;;;;/q+2;3*-1;/p+1. The summed E-state index contributed by atoms with van der Waals surface area (Å²) >= 11 is 0. The largest absolute Gasteiger partial charge is 0.673 e. The van der Waals surface area contributed by atoms with Crippen molar-refractivity contribution in [3.8, 4) is 0 Å². The first kappa shape index (κ1) is 55.2. The van der Waals surface area contributed by atoms with Gasteiger partial charge in [-0.2, -0.15) is 0 Å². The fourth-order valence-corrected chi connectivity index (χ4v) is 5.76. The number of halogens is 12. The fraction of sp³-hybridized carbons (Fsp3) is 0.688. The Hall–Kier alpha value is -2.88. The number of hydrogen-bond acceptors (Lipinski definition) is 1. The van der Waals surface area contributed by atoms with Gasteiger partial charge >= 0.3 is 21.8 Å². The Bertz CT molecular complexity index is 1360. The van der Waals surface area contributed by atoms with Crippen molar-refractivity contribution < 1.29 is 90.7 Å². The van der Waals surface area contributed by atoms with E-state index in [9.17, 15) is 56.6 Å². The molecule has 3 atom stereocenters. The monoisotopic (exact) mass is 921 g/mol. The van der Waals surface area contributed by atoms with Gasteiger partial charge in [0.05, 0.1) is 26.2 Å². The van der Waals surface area contributed by atoms with Crippen LogP contribution in [0.2, 0.25) is 0 Å². The van der Waals surface area contributed by atoms with Crippen LogP contribution < -0.4 is 19.0 Å². The van der Waals surface area contributed by atoms with Gasteiger partial charge in [0.25, 0.3) is 0 Å². The SMILES string of the molecule is CCCC[n+]1ccn(C(CC)CCC(CC(CC)n2cc[n+](CCCC)c2)C[n+]2ccn(CCCNC=O)c2)c1.F[B-](F)(F)F.F[B-](F)(F)F.F[B-](F)(F)F.[Pd]. The Balaban J connectivity index is 0. The summed E-state index contributed by atoms with van der Waals surface area (Å²) in [4.78, 5) is 10.5. The Kier molecular flexibility index (Phi) is 28.9. The molecular formula is C32H56B3F12N7OPd. The number of unbranched alkanes of at least 4 members (excludes halogenated alkanes) is 2. The van der Waals surface area contributed by atoms with Crippen LogP contribution in [0.4, 0.5) is 51.8 Å². The normalized spacial score (nSPS) is 13.1. The molecule has 0 fully saturated rings. The van der Waals surface area contributed by atoms with Crippen molar-refractivity contribution in [2.45, 2.75) is 130 Å². The summed E-state index contributed by atoms with van der Waals surface area (Å²) in [6, 6.07) is 1.04. The Morgan fingerprint density at radius 1 is 0.625 bits per heavy atom. The minimum absolute atomic E-state index is 0. The molecule has 24 heteroatoms. The molecule has 0 aliphatic carbocycles. The van der Waals surface area contributed by atoms with Crippen LogP contribution in [0.3, 0.4) is 0 Å². The van der Waals surface area contributed by atoms with Crippen molar-refractivity contribution in [1.29, 1.82) is 0 Å². The maximum atomic E-state index is 10.5. The number of aromatic nitrogens is 6. The number of carbonyl (C=O) groups is 1.